The third-order valence-corrected chi connectivity index (χ3v) is 6.37. The number of ether oxygens (including phenoxy) is 2. The SMILES string of the molecule is CCOc1ccc(S(=O)(=O)N(C)CC(=O)N(C)Cc2ccc(OC)cc2)cc1Cl. The van der Waals surface area contributed by atoms with Gasteiger partial charge in [-0.1, -0.05) is 23.7 Å². The first-order valence-electron chi connectivity index (χ1n) is 8.94. The van der Waals surface area contributed by atoms with Crippen molar-refractivity contribution in [2.45, 2.75) is 18.4 Å². The Kier molecular flexibility index (Phi) is 7.89. The fraction of sp³-hybridized carbons (Fsp3) is 0.350. The smallest absolute Gasteiger partial charge is 0.243 e. The van der Waals surface area contributed by atoms with E-state index in [-0.39, 0.29) is 22.4 Å². The Morgan fingerprint density at radius 1 is 1.10 bits per heavy atom. The second kappa shape index (κ2) is 9.96. The van der Waals surface area contributed by atoms with Crippen LogP contribution in [0.5, 0.6) is 11.5 Å². The van der Waals surface area contributed by atoms with Gasteiger partial charge in [-0.05, 0) is 42.8 Å². The predicted octanol–water partition coefficient (Wildman–Crippen LogP) is 3.03. The van der Waals surface area contributed by atoms with Crippen LogP contribution in [0.15, 0.2) is 47.4 Å². The number of rotatable bonds is 9. The van der Waals surface area contributed by atoms with Crippen LogP contribution >= 0.6 is 11.6 Å². The molecule has 158 valence electrons. The molecular weight excluding hydrogens is 416 g/mol. The molecule has 0 bridgehead atoms. The highest BCUT2D eigenvalue weighted by Gasteiger charge is 2.25. The lowest BCUT2D eigenvalue weighted by Crippen LogP contribution is -2.39. The molecule has 0 unspecified atom stereocenters. The summed E-state index contributed by atoms with van der Waals surface area (Å²) in [5, 5.41) is 0.198. The number of carbonyl (C=O) groups is 1. The summed E-state index contributed by atoms with van der Waals surface area (Å²) in [6.07, 6.45) is 0. The van der Waals surface area contributed by atoms with E-state index < -0.39 is 10.0 Å². The van der Waals surface area contributed by atoms with E-state index in [9.17, 15) is 13.2 Å². The molecule has 29 heavy (non-hydrogen) atoms. The van der Waals surface area contributed by atoms with Crippen molar-refractivity contribution in [2.24, 2.45) is 0 Å². The number of amides is 1. The van der Waals surface area contributed by atoms with Crippen LogP contribution in [-0.4, -0.2) is 57.9 Å². The molecule has 0 saturated carbocycles. The molecule has 0 aromatic heterocycles. The lowest BCUT2D eigenvalue weighted by molar-refractivity contribution is -0.130. The standard InChI is InChI=1S/C20H25ClN2O5S/c1-5-28-19-11-10-17(12-18(19)21)29(25,26)23(3)14-20(24)22(2)13-15-6-8-16(27-4)9-7-15/h6-12H,5,13-14H2,1-4H3. The van der Waals surface area contributed by atoms with Crippen LogP contribution in [-0.2, 0) is 21.4 Å². The summed E-state index contributed by atoms with van der Waals surface area (Å²) >= 11 is 6.09. The molecule has 2 aromatic rings. The molecule has 0 heterocycles. The van der Waals surface area contributed by atoms with E-state index in [2.05, 4.69) is 0 Å². The molecule has 0 aliphatic heterocycles. The minimum atomic E-state index is -3.87. The van der Waals surface area contributed by atoms with Gasteiger partial charge in [0.05, 0.1) is 30.2 Å². The molecule has 0 radical (unpaired) electrons. The van der Waals surface area contributed by atoms with Gasteiger partial charge in [0, 0.05) is 20.6 Å². The second-order valence-corrected chi connectivity index (χ2v) is 8.84. The number of benzene rings is 2. The molecular formula is C20H25ClN2O5S. The van der Waals surface area contributed by atoms with Gasteiger partial charge in [0.25, 0.3) is 0 Å². The molecule has 0 aliphatic rings. The van der Waals surface area contributed by atoms with E-state index >= 15 is 0 Å². The highest BCUT2D eigenvalue weighted by Crippen LogP contribution is 2.28. The number of halogens is 1. The number of likely N-dealkylation sites (N-methyl/N-ethyl adjacent to an activating group) is 2. The molecule has 0 saturated heterocycles. The topological polar surface area (TPSA) is 76.2 Å². The molecule has 7 nitrogen and oxygen atoms in total. The van der Waals surface area contributed by atoms with Crippen LogP contribution in [0.1, 0.15) is 12.5 Å². The summed E-state index contributed by atoms with van der Waals surface area (Å²) in [5.41, 5.74) is 0.908. The van der Waals surface area contributed by atoms with Gasteiger partial charge in [0.2, 0.25) is 15.9 Å². The normalized spacial score (nSPS) is 11.4. The maximum atomic E-state index is 12.8. The van der Waals surface area contributed by atoms with Crippen molar-refractivity contribution >= 4 is 27.5 Å². The van der Waals surface area contributed by atoms with Crippen molar-refractivity contribution in [3.63, 3.8) is 0 Å². The average Bonchev–Trinajstić information content (AvgIpc) is 2.70. The van der Waals surface area contributed by atoms with Crippen molar-refractivity contribution in [2.75, 3.05) is 34.4 Å². The Morgan fingerprint density at radius 3 is 2.31 bits per heavy atom. The molecule has 1 amide bonds. The van der Waals surface area contributed by atoms with E-state index in [1.807, 2.05) is 19.1 Å². The van der Waals surface area contributed by atoms with Crippen LogP contribution < -0.4 is 9.47 Å². The number of methoxy groups -OCH3 is 1. The average molecular weight is 441 g/mol. The van der Waals surface area contributed by atoms with Gasteiger partial charge in [-0.2, -0.15) is 4.31 Å². The maximum absolute atomic E-state index is 12.8. The van der Waals surface area contributed by atoms with Gasteiger partial charge >= 0.3 is 0 Å². The number of carbonyl (C=O) groups excluding carboxylic acids is 1. The van der Waals surface area contributed by atoms with E-state index in [0.29, 0.717) is 18.9 Å². The lowest BCUT2D eigenvalue weighted by Gasteiger charge is -2.22. The summed E-state index contributed by atoms with van der Waals surface area (Å²) in [5.74, 6) is 0.803. The molecule has 0 N–H and O–H groups in total. The van der Waals surface area contributed by atoms with E-state index in [0.717, 1.165) is 15.6 Å². The Hall–Kier alpha value is -2.29. The third-order valence-electron chi connectivity index (χ3n) is 4.27. The first-order chi connectivity index (χ1) is 13.7. The van der Waals surface area contributed by atoms with E-state index in [1.54, 1.807) is 26.3 Å². The van der Waals surface area contributed by atoms with Gasteiger partial charge in [-0.25, -0.2) is 8.42 Å². The lowest BCUT2D eigenvalue weighted by atomic mass is 10.2. The fourth-order valence-corrected chi connectivity index (χ4v) is 4.03. The zero-order valence-corrected chi connectivity index (χ0v) is 18.5. The Bertz CT molecular complexity index is 948. The summed E-state index contributed by atoms with van der Waals surface area (Å²) in [6, 6.07) is 11.6. The highest BCUT2D eigenvalue weighted by molar-refractivity contribution is 7.89. The summed E-state index contributed by atoms with van der Waals surface area (Å²) in [6.45, 7) is 2.29. The molecule has 2 rings (SSSR count). The fourth-order valence-electron chi connectivity index (χ4n) is 2.58. The third kappa shape index (κ3) is 5.85. The number of hydrogen-bond donors (Lipinski definition) is 0. The van der Waals surface area contributed by atoms with Crippen LogP contribution in [0.25, 0.3) is 0 Å². The van der Waals surface area contributed by atoms with Gasteiger partial charge in [0.1, 0.15) is 11.5 Å². The molecule has 0 fully saturated rings. The van der Waals surface area contributed by atoms with Gasteiger partial charge in [-0.15, -0.1) is 0 Å². The van der Waals surface area contributed by atoms with Crippen molar-refractivity contribution in [3.05, 3.63) is 53.1 Å². The Morgan fingerprint density at radius 2 is 1.76 bits per heavy atom. The van der Waals surface area contributed by atoms with Gasteiger partial charge in [0.15, 0.2) is 0 Å². The summed E-state index contributed by atoms with van der Waals surface area (Å²) < 4.78 is 37.0. The molecule has 0 atom stereocenters. The van der Waals surface area contributed by atoms with E-state index in [1.165, 1.54) is 30.1 Å². The Labute approximate surface area is 176 Å². The van der Waals surface area contributed by atoms with Crippen molar-refractivity contribution < 1.29 is 22.7 Å². The monoisotopic (exact) mass is 440 g/mol. The van der Waals surface area contributed by atoms with Crippen LogP contribution in [0.3, 0.4) is 0 Å². The Balaban J connectivity index is 2.05. The highest BCUT2D eigenvalue weighted by atomic mass is 35.5. The van der Waals surface area contributed by atoms with Crippen molar-refractivity contribution in [1.29, 1.82) is 0 Å². The van der Waals surface area contributed by atoms with Crippen LogP contribution in [0.2, 0.25) is 5.02 Å². The minimum Gasteiger partial charge on any atom is -0.497 e. The first kappa shape index (κ1) is 23.0. The van der Waals surface area contributed by atoms with Gasteiger partial charge in [-0.3, -0.25) is 4.79 Å². The zero-order valence-electron chi connectivity index (χ0n) is 16.9. The molecule has 0 spiro atoms. The van der Waals surface area contributed by atoms with E-state index in [4.69, 9.17) is 21.1 Å². The predicted molar refractivity (Wildman–Crippen MR) is 112 cm³/mol. The van der Waals surface area contributed by atoms with Crippen LogP contribution in [0, 0.1) is 0 Å². The first-order valence-corrected chi connectivity index (χ1v) is 10.8. The molecule has 9 heteroatoms. The number of sulfonamides is 1. The second-order valence-electron chi connectivity index (χ2n) is 6.38. The van der Waals surface area contributed by atoms with Gasteiger partial charge < -0.3 is 14.4 Å². The summed E-state index contributed by atoms with van der Waals surface area (Å²) in [4.78, 5) is 14.0. The quantitative estimate of drug-likeness (QED) is 0.599. The molecule has 0 aliphatic carbocycles. The maximum Gasteiger partial charge on any atom is 0.243 e. The van der Waals surface area contributed by atoms with Crippen LogP contribution in [0.4, 0.5) is 0 Å². The minimum absolute atomic E-state index is 0.000870. The van der Waals surface area contributed by atoms with Crippen molar-refractivity contribution in [1.82, 2.24) is 9.21 Å². The molecule has 2 aromatic carbocycles. The number of nitrogens with zero attached hydrogens (tertiary/aromatic N) is 2. The largest absolute Gasteiger partial charge is 0.497 e. The zero-order chi connectivity index (χ0) is 21.6. The van der Waals surface area contributed by atoms with Crippen molar-refractivity contribution in [3.8, 4) is 11.5 Å². The summed E-state index contributed by atoms with van der Waals surface area (Å²) in [7, 11) is 0.693. The number of hydrogen-bond acceptors (Lipinski definition) is 5.